The number of rotatable bonds is 7. The maximum absolute atomic E-state index is 13.7. The highest BCUT2D eigenvalue weighted by Crippen LogP contribution is 2.35. The Kier molecular flexibility index (Phi) is 6.75. The van der Waals surface area contributed by atoms with Crippen LogP contribution in [0.25, 0.3) is 0 Å². The van der Waals surface area contributed by atoms with Crippen LogP contribution in [0.4, 0.5) is 4.39 Å². The first kappa shape index (κ1) is 18.9. The maximum atomic E-state index is 13.7. The molecule has 1 aromatic rings. The predicted molar refractivity (Wildman–Crippen MR) is 91.2 cm³/mol. The Morgan fingerprint density at radius 2 is 2.00 bits per heavy atom. The first-order valence-corrected chi connectivity index (χ1v) is 8.83. The van der Waals surface area contributed by atoms with E-state index in [-0.39, 0.29) is 24.2 Å². The van der Waals surface area contributed by atoms with Gasteiger partial charge in [0.1, 0.15) is 5.82 Å². The van der Waals surface area contributed by atoms with Gasteiger partial charge in [0.05, 0.1) is 11.5 Å². The number of ether oxygens (including phenoxy) is 1. The van der Waals surface area contributed by atoms with Gasteiger partial charge in [0.2, 0.25) is 5.91 Å². The summed E-state index contributed by atoms with van der Waals surface area (Å²) in [6.07, 6.45) is 2.22. The molecule has 0 radical (unpaired) electrons. The van der Waals surface area contributed by atoms with Crippen molar-refractivity contribution in [3.63, 3.8) is 0 Å². The SMILES string of the molecule is CCC(CC)C(O)CNC(=O)C1(c2cccc(F)c2)CCOCC1. The number of aliphatic hydroxyl groups excluding tert-OH is 1. The summed E-state index contributed by atoms with van der Waals surface area (Å²) in [5, 5.41) is 13.1. The molecule has 0 aromatic heterocycles. The van der Waals surface area contributed by atoms with Gasteiger partial charge in [0, 0.05) is 19.8 Å². The topological polar surface area (TPSA) is 58.6 Å². The zero-order valence-corrected chi connectivity index (χ0v) is 14.6. The fourth-order valence-electron chi connectivity index (χ4n) is 3.52. The maximum Gasteiger partial charge on any atom is 0.230 e. The number of nitrogens with one attached hydrogen (secondary N) is 1. The highest BCUT2D eigenvalue weighted by atomic mass is 19.1. The molecular weight excluding hydrogens is 309 g/mol. The van der Waals surface area contributed by atoms with Gasteiger partial charge in [-0.15, -0.1) is 0 Å². The Balaban J connectivity index is 2.14. The van der Waals surface area contributed by atoms with Gasteiger partial charge in [-0.3, -0.25) is 4.79 Å². The molecule has 1 heterocycles. The van der Waals surface area contributed by atoms with Crippen LogP contribution in [0.1, 0.15) is 45.1 Å². The number of carbonyl (C=O) groups excluding carboxylic acids is 1. The summed E-state index contributed by atoms with van der Waals surface area (Å²) in [6.45, 7) is 5.24. The van der Waals surface area contributed by atoms with Crippen LogP contribution in [0, 0.1) is 11.7 Å². The third kappa shape index (κ3) is 4.14. The summed E-state index contributed by atoms with van der Waals surface area (Å²) in [7, 11) is 0. The highest BCUT2D eigenvalue weighted by Gasteiger charge is 2.42. The lowest BCUT2D eigenvalue weighted by molar-refractivity contribution is -0.131. The lowest BCUT2D eigenvalue weighted by Gasteiger charge is -2.36. The van der Waals surface area contributed by atoms with Crippen LogP contribution in [0.5, 0.6) is 0 Å². The summed E-state index contributed by atoms with van der Waals surface area (Å²) in [5.74, 6) is -0.324. The van der Waals surface area contributed by atoms with Crippen LogP contribution in [-0.2, 0) is 14.9 Å². The molecule has 1 unspecified atom stereocenters. The van der Waals surface area contributed by atoms with E-state index >= 15 is 0 Å². The zero-order chi connectivity index (χ0) is 17.6. The van der Waals surface area contributed by atoms with E-state index in [1.165, 1.54) is 12.1 Å². The molecule has 24 heavy (non-hydrogen) atoms. The third-order valence-electron chi connectivity index (χ3n) is 5.22. The number of hydrogen-bond acceptors (Lipinski definition) is 3. The molecule has 1 amide bonds. The van der Waals surface area contributed by atoms with Gasteiger partial charge < -0.3 is 15.2 Å². The lowest BCUT2D eigenvalue weighted by atomic mass is 9.73. The van der Waals surface area contributed by atoms with E-state index in [4.69, 9.17) is 4.74 Å². The van der Waals surface area contributed by atoms with Crippen molar-refractivity contribution in [3.05, 3.63) is 35.6 Å². The summed E-state index contributed by atoms with van der Waals surface area (Å²) in [6, 6.07) is 6.24. The van der Waals surface area contributed by atoms with Crippen molar-refractivity contribution in [2.45, 2.75) is 51.0 Å². The van der Waals surface area contributed by atoms with Crippen LogP contribution in [-0.4, -0.2) is 36.9 Å². The van der Waals surface area contributed by atoms with Crippen LogP contribution >= 0.6 is 0 Å². The van der Waals surface area contributed by atoms with Crippen molar-refractivity contribution in [2.75, 3.05) is 19.8 Å². The fraction of sp³-hybridized carbons (Fsp3) is 0.632. The molecule has 2 rings (SSSR count). The van der Waals surface area contributed by atoms with Gasteiger partial charge in [0.25, 0.3) is 0 Å². The van der Waals surface area contributed by atoms with Crippen molar-refractivity contribution < 1.29 is 19.0 Å². The van der Waals surface area contributed by atoms with Crippen LogP contribution in [0.15, 0.2) is 24.3 Å². The smallest absolute Gasteiger partial charge is 0.230 e. The largest absolute Gasteiger partial charge is 0.391 e. The molecule has 2 N–H and O–H groups in total. The molecule has 1 aromatic carbocycles. The summed E-state index contributed by atoms with van der Waals surface area (Å²) < 4.78 is 19.1. The van der Waals surface area contributed by atoms with Gasteiger partial charge in [0.15, 0.2) is 0 Å². The van der Waals surface area contributed by atoms with Crippen molar-refractivity contribution >= 4 is 5.91 Å². The average Bonchev–Trinajstić information content (AvgIpc) is 2.61. The minimum Gasteiger partial charge on any atom is -0.391 e. The standard InChI is InChI=1S/C19H28FNO3/c1-3-14(4-2)17(22)13-21-18(23)19(8-10-24-11-9-19)15-6-5-7-16(20)12-15/h5-7,12,14,17,22H,3-4,8-11,13H2,1-2H3,(H,21,23). The number of carbonyl (C=O) groups is 1. The average molecular weight is 337 g/mol. The second-order valence-electron chi connectivity index (χ2n) is 6.56. The first-order valence-electron chi connectivity index (χ1n) is 8.83. The number of benzene rings is 1. The van der Waals surface area contributed by atoms with Crippen LogP contribution in [0.3, 0.4) is 0 Å². The normalized spacial score (nSPS) is 18.4. The third-order valence-corrected chi connectivity index (χ3v) is 5.22. The second-order valence-corrected chi connectivity index (χ2v) is 6.56. The van der Waals surface area contributed by atoms with E-state index in [1.807, 2.05) is 13.8 Å². The number of amides is 1. The molecule has 4 nitrogen and oxygen atoms in total. The summed E-state index contributed by atoms with van der Waals surface area (Å²) in [4.78, 5) is 12.9. The lowest BCUT2D eigenvalue weighted by Crippen LogP contribution is -2.50. The molecular formula is C19H28FNO3. The van der Waals surface area contributed by atoms with E-state index in [1.54, 1.807) is 12.1 Å². The highest BCUT2D eigenvalue weighted by molar-refractivity contribution is 5.88. The number of halogens is 1. The van der Waals surface area contributed by atoms with Gasteiger partial charge in [-0.2, -0.15) is 0 Å². The van der Waals surface area contributed by atoms with Crippen molar-refractivity contribution in [3.8, 4) is 0 Å². The second kappa shape index (κ2) is 8.58. The van der Waals surface area contributed by atoms with Gasteiger partial charge >= 0.3 is 0 Å². The molecule has 0 saturated carbocycles. The molecule has 1 aliphatic rings. The minimum atomic E-state index is -0.784. The van der Waals surface area contributed by atoms with Crippen LogP contribution in [0.2, 0.25) is 0 Å². The van der Waals surface area contributed by atoms with Crippen molar-refractivity contribution in [1.82, 2.24) is 5.32 Å². The Bertz CT molecular complexity index is 539. The Hall–Kier alpha value is -1.46. The van der Waals surface area contributed by atoms with Gasteiger partial charge in [-0.25, -0.2) is 4.39 Å². The van der Waals surface area contributed by atoms with Gasteiger partial charge in [-0.05, 0) is 36.5 Å². The van der Waals surface area contributed by atoms with Gasteiger partial charge in [-0.1, -0.05) is 38.8 Å². The minimum absolute atomic E-state index is 0.151. The van der Waals surface area contributed by atoms with E-state index in [0.29, 0.717) is 31.6 Å². The predicted octanol–water partition coefficient (Wildman–Crippen LogP) is 2.79. The summed E-state index contributed by atoms with van der Waals surface area (Å²) in [5.41, 5.74) is -0.103. The number of hydrogen-bond donors (Lipinski definition) is 2. The van der Waals surface area contributed by atoms with E-state index < -0.39 is 11.5 Å². The molecule has 1 atom stereocenters. The monoisotopic (exact) mass is 337 g/mol. The first-order chi connectivity index (χ1) is 11.5. The van der Waals surface area contributed by atoms with E-state index in [9.17, 15) is 14.3 Å². The Labute approximate surface area is 143 Å². The van der Waals surface area contributed by atoms with Crippen molar-refractivity contribution in [1.29, 1.82) is 0 Å². The Morgan fingerprint density at radius 3 is 2.58 bits per heavy atom. The molecule has 1 aliphatic heterocycles. The Morgan fingerprint density at radius 1 is 1.33 bits per heavy atom. The molecule has 0 bridgehead atoms. The number of aliphatic hydroxyl groups is 1. The molecule has 0 spiro atoms. The fourth-order valence-corrected chi connectivity index (χ4v) is 3.52. The quantitative estimate of drug-likeness (QED) is 0.804. The van der Waals surface area contributed by atoms with E-state index in [2.05, 4.69) is 5.32 Å². The van der Waals surface area contributed by atoms with Crippen molar-refractivity contribution in [2.24, 2.45) is 5.92 Å². The molecule has 134 valence electrons. The summed E-state index contributed by atoms with van der Waals surface area (Å²) >= 11 is 0. The van der Waals surface area contributed by atoms with E-state index in [0.717, 1.165) is 12.8 Å². The zero-order valence-electron chi connectivity index (χ0n) is 14.6. The molecule has 1 saturated heterocycles. The van der Waals surface area contributed by atoms with Crippen LogP contribution < -0.4 is 5.32 Å². The molecule has 5 heteroatoms. The molecule has 1 fully saturated rings. The molecule has 0 aliphatic carbocycles.